The highest BCUT2D eigenvalue weighted by atomic mass is 16.5. The van der Waals surface area contributed by atoms with Gasteiger partial charge in [-0.15, -0.1) is 0 Å². The lowest BCUT2D eigenvalue weighted by molar-refractivity contribution is -0.140. The summed E-state index contributed by atoms with van der Waals surface area (Å²) in [5.74, 6) is -1.02. The number of benzene rings is 3. The third-order valence-electron chi connectivity index (χ3n) is 7.32. The molecule has 8 heteroatoms. The molecule has 2 heterocycles. The lowest BCUT2D eigenvalue weighted by Gasteiger charge is -2.29. The van der Waals surface area contributed by atoms with Crippen molar-refractivity contribution in [2.45, 2.75) is 26.0 Å². The van der Waals surface area contributed by atoms with Crippen LogP contribution in [-0.4, -0.2) is 71.1 Å². The van der Waals surface area contributed by atoms with E-state index in [1.807, 2.05) is 25.1 Å². The number of carbonyl (C=O) groups is 2. The summed E-state index contributed by atoms with van der Waals surface area (Å²) in [6, 6.07) is 20.5. The summed E-state index contributed by atoms with van der Waals surface area (Å²) in [5, 5.41) is 21.5. The molecule has 2 aliphatic heterocycles. The van der Waals surface area contributed by atoms with Crippen LogP contribution in [0.1, 0.15) is 34.7 Å². The van der Waals surface area contributed by atoms with Crippen molar-refractivity contribution in [3.63, 3.8) is 0 Å². The SMILES string of the molecule is Cc1cccc(COc2ccc(C(O)=C3C(=O)C(=O)N(CCCN4CCOCC4)[C@H]3c3cccc(O)c3)cc2)c1. The fourth-order valence-electron chi connectivity index (χ4n) is 5.27. The predicted molar refractivity (Wildman–Crippen MR) is 151 cm³/mol. The molecular formula is C32H34N2O6. The number of phenols is 1. The highest BCUT2D eigenvalue weighted by Gasteiger charge is 2.45. The highest BCUT2D eigenvalue weighted by molar-refractivity contribution is 6.46. The molecule has 5 rings (SSSR count). The van der Waals surface area contributed by atoms with Crippen molar-refractivity contribution in [3.05, 3.63) is 101 Å². The van der Waals surface area contributed by atoms with Crippen LogP contribution in [-0.2, 0) is 20.9 Å². The molecule has 1 amide bonds. The van der Waals surface area contributed by atoms with Crippen LogP contribution in [0.5, 0.6) is 11.5 Å². The van der Waals surface area contributed by atoms with Crippen molar-refractivity contribution in [1.29, 1.82) is 0 Å². The maximum Gasteiger partial charge on any atom is 0.295 e. The molecule has 2 saturated heterocycles. The van der Waals surface area contributed by atoms with Crippen LogP contribution in [0.25, 0.3) is 5.76 Å². The Balaban J connectivity index is 1.38. The minimum Gasteiger partial charge on any atom is -0.508 e. The number of aliphatic hydroxyl groups excluding tert-OH is 1. The van der Waals surface area contributed by atoms with Gasteiger partial charge in [0.1, 0.15) is 23.9 Å². The molecule has 0 unspecified atom stereocenters. The molecule has 2 fully saturated rings. The fourth-order valence-corrected chi connectivity index (χ4v) is 5.27. The lowest BCUT2D eigenvalue weighted by Crippen LogP contribution is -2.38. The van der Waals surface area contributed by atoms with Crippen molar-refractivity contribution in [3.8, 4) is 11.5 Å². The number of ketones is 1. The Morgan fingerprint density at radius 2 is 1.73 bits per heavy atom. The van der Waals surface area contributed by atoms with E-state index in [0.29, 0.717) is 49.7 Å². The van der Waals surface area contributed by atoms with E-state index in [4.69, 9.17) is 9.47 Å². The van der Waals surface area contributed by atoms with Crippen molar-refractivity contribution in [1.82, 2.24) is 9.80 Å². The second kappa shape index (κ2) is 12.4. The van der Waals surface area contributed by atoms with Crippen LogP contribution in [0.4, 0.5) is 0 Å². The Hall–Kier alpha value is -4.14. The van der Waals surface area contributed by atoms with Gasteiger partial charge in [0.25, 0.3) is 11.7 Å². The van der Waals surface area contributed by atoms with Crippen molar-refractivity contribution < 1.29 is 29.3 Å². The monoisotopic (exact) mass is 542 g/mol. The largest absolute Gasteiger partial charge is 0.508 e. The van der Waals surface area contributed by atoms with Gasteiger partial charge in [0.15, 0.2) is 0 Å². The fraction of sp³-hybridized carbons (Fsp3) is 0.312. The molecule has 0 bridgehead atoms. The van der Waals surface area contributed by atoms with E-state index in [9.17, 15) is 19.8 Å². The van der Waals surface area contributed by atoms with Gasteiger partial charge in [0.05, 0.1) is 24.8 Å². The molecule has 0 spiro atoms. The average Bonchev–Trinajstić information content (AvgIpc) is 3.22. The van der Waals surface area contributed by atoms with E-state index in [1.54, 1.807) is 36.4 Å². The number of aryl methyl sites for hydroxylation is 1. The number of nitrogens with zero attached hydrogens (tertiary/aromatic N) is 2. The van der Waals surface area contributed by atoms with Gasteiger partial charge < -0.3 is 24.6 Å². The Morgan fingerprint density at radius 1 is 0.975 bits per heavy atom. The van der Waals surface area contributed by atoms with Gasteiger partial charge in [-0.25, -0.2) is 0 Å². The number of phenolic OH excluding ortho intramolecular Hbond substituents is 1. The Labute approximate surface area is 234 Å². The molecule has 8 nitrogen and oxygen atoms in total. The summed E-state index contributed by atoms with van der Waals surface area (Å²) in [7, 11) is 0. The maximum atomic E-state index is 13.3. The zero-order chi connectivity index (χ0) is 28.1. The molecule has 40 heavy (non-hydrogen) atoms. The van der Waals surface area contributed by atoms with Crippen LogP contribution in [0.2, 0.25) is 0 Å². The van der Waals surface area contributed by atoms with E-state index in [1.165, 1.54) is 17.0 Å². The number of likely N-dealkylation sites (tertiary alicyclic amines) is 1. The van der Waals surface area contributed by atoms with Crippen molar-refractivity contribution in [2.24, 2.45) is 0 Å². The average molecular weight is 543 g/mol. The first kappa shape index (κ1) is 27.4. The van der Waals surface area contributed by atoms with Gasteiger partial charge in [0.2, 0.25) is 0 Å². The van der Waals surface area contributed by atoms with E-state index in [-0.39, 0.29) is 17.1 Å². The lowest BCUT2D eigenvalue weighted by atomic mass is 9.95. The minimum atomic E-state index is -0.811. The first-order valence-corrected chi connectivity index (χ1v) is 13.6. The second-order valence-corrected chi connectivity index (χ2v) is 10.2. The highest BCUT2D eigenvalue weighted by Crippen LogP contribution is 2.40. The molecule has 0 saturated carbocycles. The van der Waals surface area contributed by atoms with Gasteiger partial charge in [-0.05, 0) is 60.9 Å². The third kappa shape index (κ3) is 6.19. The number of rotatable bonds is 9. The predicted octanol–water partition coefficient (Wildman–Crippen LogP) is 4.42. The van der Waals surface area contributed by atoms with E-state index >= 15 is 0 Å². The maximum absolute atomic E-state index is 13.3. The smallest absolute Gasteiger partial charge is 0.295 e. The zero-order valence-corrected chi connectivity index (χ0v) is 22.6. The zero-order valence-electron chi connectivity index (χ0n) is 22.6. The number of hydrogen-bond donors (Lipinski definition) is 2. The van der Waals surface area contributed by atoms with E-state index < -0.39 is 17.7 Å². The number of aliphatic hydroxyl groups is 1. The van der Waals surface area contributed by atoms with Gasteiger partial charge in [-0.1, -0.05) is 42.0 Å². The summed E-state index contributed by atoms with van der Waals surface area (Å²) < 4.78 is 11.3. The number of ether oxygens (including phenoxy) is 2. The molecule has 2 aliphatic rings. The Kier molecular flexibility index (Phi) is 8.48. The topological polar surface area (TPSA) is 99.5 Å². The standard InChI is InChI=1S/C32H34N2O6/c1-22-5-2-6-23(19-22)21-40-27-11-9-24(10-12-27)30(36)28-29(25-7-3-8-26(35)20-25)34(32(38)31(28)37)14-4-13-33-15-17-39-18-16-33/h2-3,5-12,19-20,29,35-36H,4,13-18,21H2,1H3/t29-/m0/s1. The molecule has 208 valence electrons. The van der Waals surface area contributed by atoms with Gasteiger partial charge in [0, 0.05) is 31.7 Å². The van der Waals surface area contributed by atoms with E-state index in [0.717, 1.165) is 30.8 Å². The summed E-state index contributed by atoms with van der Waals surface area (Å²) >= 11 is 0. The first-order chi connectivity index (χ1) is 19.4. The number of carbonyl (C=O) groups excluding carboxylic acids is 2. The van der Waals surface area contributed by atoms with Crippen molar-refractivity contribution in [2.75, 3.05) is 39.4 Å². The van der Waals surface area contributed by atoms with Crippen LogP contribution < -0.4 is 4.74 Å². The summed E-state index contributed by atoms with van der Waals surface area (Å²) in [5.41, 5.74) is 3.17. The van der Waals surface area contributed by atoms with Gasteiger partial charge >= 0.3 is 0 Å². The summed E-state index contributed by atoms with van der Waals surface area (Å²) in [6.45, 7) is 6.57. The molecular weight excluding hydrogens is 508 g/mol. The van der Waals surface area contributed by atoms with Crippen LogP contribution >= 0.6 is 0 Å². The minimum absolute atomic E-state index is 0.00963. The van der Waals surface area contributed by atoms with Gasteiger partial charge in [-0.3, -0.25) is 14.5 Å². The Morgan fingerprint density at radius 3 is 2.45 bits per heavy atom. The number of morpholine rings is 1. The summed E-state index contributed by atoms with van der Waals surface area (Å²) in [4.78, 5) is 30.3. The molecule has 0 aliphatic carbocycles. The van der Waals surface area contributed by atoms with Crippen LogP contribution in [0, 0.1) is 6.92 Å². The normalized spacial score (nSPS) is 19.2. The Bertz CT molecular complexity index is 1390. The second-order valence-electron chi connectivity index (χ2n) is 10.2. The van der Waals surface area contributed by atoms with Crippen molar-refractivity contribution >= 4 is 17.4 Å². The molecule has 3 aromatic rings. The first-order valence-electron chi connectivity index (χ1n) is 13.6. The van der Waals surface area contributed by atoms with Crippen LogP contribution in [0.15, 0.2) is 78.4 Å². The number of Topliss-reactive ketones (excluding diaryl/α,β-unsaturated/α-hetero) is 1. The third-order valence-corrected chi connectivity index (χ3v) is 7.32. The molecule has 1 atom stereocenters. The molecule has 2 N–H and O–H groups in total. The van der Waals surface area contributed by atoms with Gasteiger partial charge in [-0.2, -0.15) is 0 Å². The van der Waals surface area contributed by atoms with E-state index in [2.05, 4.69) is 11.0 Å². The number of hydrogen-bond acceptors (Lipinski definition) is 7. The number of aromatic hydroxyl groups is 1. The van der Waals surface area contributed by atoms with Crippen LogP contribution in [0.3, 0.4) is 0 Å². The summed E-state index contributed by atoms with van der Waals surface area (Å²) in [6.07, 6.45) is 0.662. The number of amides is 1. The quantitative estimate of drug-likeness (QED) is 0.235. The molecule has 0 radical (unpaired) electrons. The molecule has 0 aromatic heterocycles. The molecule has 3 aromatic carbocycles.